The van der Waals surface area contributed by atoms with Crippen molar-refractivity contribution in [3.8, 4) is 0 Å². The van der Waals surface area contributed by atoms with Crippen LogP contribution >= 0.6 is 11.6 Å². The molecule has 0 N–H and O–H groups in total. The average Bonchev–Trinajstić information content (AvgIpc) is 2.31. The van der Waals surface area contributed by atoms with Gasteiger partial charge in [0.2, 0.25) is 5.95 Å². The monoisotopic (exact) mass is 261 g/mol. The maximum absolute atomic E-state index is 5.87. The zero-order chi connectivity index (χ0) is 13.1. The molecule has 0 unspecified atom stereocenters. The Morgan fingerprint density at radius 2 is 1.61 bits per heavy atom. The molecule has 0 spiro atoms. The molecule has 2 aromatic rings. The van der Waals surface area contributed by atoms with Gasteiger partial charge in [-0.05, 0) is 37.6 Å². The minimum absolute atomic E-state index is 0.752. The lowest BCUT2D eigenvalue weighted by molar-refractivity contribution is 0.852. The topological polar surface area (TPSA) is 29.0 Å². The van der Waals surface area contributed by atoms with Gasteiger partial charge in [0.05, 0.1) is 0 Å². The lowest BCUT2D eigenvalue weighted by atomic mass is 10.2. The second-order valence-corrected chi connectivity index (χ2v) is 4.87. The van der Waals surface area contributed by atoms with Crippen molar-refractivity contribution in [2.45, 2.75) is 20.4 Å². The molecule has 4 heteroatoms. The van der Waals surface area contributed by atoms with E-state index in [0.717, 1.165) is 28.9 Å². The van der Waals surface area contributed by atoms with Crippen LogP contribution < -0.4 is 4.90 Å². The Kier molecular flexibility index (Phi) is 3.82. The maximum Gasteiger partial charge on any atom is 0.225 e. The highest BCUT2D eigenvalue weighted by atomic mass is 35.5. The Balaban J connectivity index is 2.16. The molecule has 0 fully saturated rings. The summed E-state index contributed by atoms with van der Waals surface area (Å²) in [5.41, 5.74) is 3.16. The van der Waals surface area contributed by atoms with E-state index in [0.29, 0.717) is 0 Å². The summed E-state index contributed by atoms with van der Waals surface area (Å²) in [6.45, 7) is 4.72. The second-order valence-electron chi connectivity index (χ2n) is 4.43. The molecule has 1 heterocycles. The minimum Gasteiger partial charge on any atom is -0.340 e. The SMILES string of the molecule is Cc1cc(C)nc(N(C)Cc2ccc(Cl)cc2)n1. The van der Waals surface area contributed by atoms with Crippen LogP contribution in [-0.4, -0.2) is 17.0 Å². The van der Waals surface area contributed by atoms with E-state index in [2.05, 4.69) is 9.97 Å². The van der Waals surface area contributed by atoms with Crippen molar-refractivity contribution >= 4 is 17.5 Å². The van der Waals surface area contributed by atoms with Crippen LogP contribution in [0, 0.1) is 13.8 Å². The smallest absolute Gasteiger partial charge is 0.225 e. The summed E-state index contributed by atoms with van der Waals surface area (Å²) in [5.74, 6) is 0.752. The van der Waals surface area contributed by atoms with Crippen LogP contribution in [0.15, 0.2) is 30.3 Å². The average molecular weight is 262 g/mol. The normalized spacial score (nSPS) is 10.4. The van der Waals surface area contributed by atoms with E-state index in [1.807, 2.05) is 56.1 Å². The van der Waals surface area contributed by atoms with Gasteiger partial charge in [0.1, 0.15) is 0 Å². The van der Waals surface area contributed by atoms with Crippen LogP contribution in [0.2, 0.25) is 5.02 Å². The van der Waals surface area contributed by atoms with Crippen LogP contribution in [0.25, 0.3) is 0 Å². The first kappa shape index (κ1) is 12.8. The zero-order valence-corrected chi connectivity index (χ0v) is 11.6. The van der Waals surface area contributed by atoms with E-state index >= 15 is 0 Å². The summed E-state index contributed by atoms with van der Waals surface area (Å²) < 4.78 is 0. The highest BCUT2D eigenvalue weighted by Crippen LogP contribution is 2.14. The highest BCUT2D eigenvalue weighted by Gasteiger charge is 2.06. The van der Waals surface area contributed by atoms with Gasteiger partial charge < -0.3 is 4.90 Å². The van der Waals surface area contributed by atoms with Gasteiger partial charge in [0, 0.05) is 30.0 Å². The predicted octanol–water partition coefficient (Wildman–Crippen LogP) is 3.38. The van der Waals surface area contributed by atoms with Crippen molar-refractivity contribution in [3.63, 3.8) is 0 Å². The molecular formula is C14H16ClN3. The highest BCUT2D eigenvalue weighted by molar-refractivity contribution is 6.30. The Labute approximate surface area is 112 Å². The Morgan fingerprint density at radius 3 is 2.17 bits per heavy atom. The third kappa shape index (κ3) is 3.20. The van der Waals surface area contributed by atoms with Crippen LogP contribution in [0.3, 0.4) is 0 Å². The number of aryl methyl sites for hydroxylation is 2. The molecule has 0 aliphatic rings. The van der Waals surface area contributed by atoms with Crippen LogP contribution in [0.4, 0.5) is 5.95 Å². The summed E-state index contributed by atoms with van der Waals surface area (Å²) in [4.78, 5) is 10.9. The molecule has 0 saturated carbocycles. The molecular weight excluding hydrogens is 246 g/mol. The largest absolute Gasteiger partial charge is 0.340 e. The third-order valence-corrected chi connectivity index (χ3v) is 2.90. The molecule has 1 aromatic carbocycles. The summed E-state index contributed by atoms with van der Waals surface area (Å²) in [5, 5.41) is 0.754. The molecule has 0 bridgehead atoms. The molecule has 0 aliphatic carbocycles. The maximum atomic E-state index is 5.87. The van der Waals surface area contributed by atoms with Gasteiger partial charge in [0.25, 0.3) is 0 Å². The molecule has 0 atom stereocenters. The van der Waals surface area contributed by atoms with Crippen LogP contribution in [-0.2, 0) is 6.54 Å². The fourth-order valence-electron chi connectivity index (χ4n) is 1.81. The summed E-state index contributed by atoms with van der Waals surface area (Å²) in [6.07, 6.45) is 0. The summed E-state index contributed by atoms with van der Waals surface area (Å²) in [6, 6.07) is 9.79. The molecule has 18 heavy (non-hydrogen) atoms. The lowest BCUT2D eigenvalue weighted by Crippen LogP contribution is -2.19. The van der Waals surface area contributed by atoms with Crippen LogP contribution in [0.1, 0.15) is 17.0 Å². The zero-order valence-electron chi connectivity index (χ0n) is 10.8. The third-order valence-electron chi connectivity index (χ3n) is 2.64. The van der Waals surface area contributed by atoms with E-state index in [-0.39, 0.29) is 0 Å². The van der Waals surface area contributed by atoms with E-state index in [1.54, 1.807) is 0 Å². The van der Waals surface area contributed by atoms with Crippen molar-refractivity contribution in [1.29, 1.82) is 0 Å². The molecule has 94 valence electrons. The number of halogens is 1. The molecule has 1 aromatic heterocycles. The van der Waals surface area contributed by atoms with Gasteiger partial charge in [-0.2, -0.15) is 0 Å². The number of nitrogens with zero attached hydrogens (tertiary/aromatic N) is 3. The number of rotatable bonds is 3. The van der Waals surface area contributed by atoms with Crippen LogP contribution in [0.5, 0.6) is 0 Å². The van der Waals surface area contributed by atoms with Crippen molar-refractivity contribution < 1.29 is 0 Å². The second kappa shape index (κ2) is 5.36. The first-order valence-corrected chi connectivity index (χ1v) is 6.20. The van der Waals surface area contributed by atoms with Crippen molar-refractivity contribution in [2.24, 2.45) is 0 Å². The quantitative estimate of drug-likeness (QED) is 0.848. The minimum atomic E-state index is 0.752. The number of anilines is 1. The van der Waals surface area contributed by atoms with E-state index < -0.39 is 0 Å². The Hall–Kier alpha value is -1.61. The van der Waals surface area contributed by atoms with Gasteiger partial charge in [0.15, 0.2) is 0 Å². The molecule has 0 radical (unpaired) electrons. The lowest BCUT2D eigenvalue weighted by Gasteiger charge is -2.18. The predicted molar refractivity (Wildman–Crippen MR) is 75.1 cm³/mol. The first-order chi connectivity index (χ1) is 8.54. The number of hydrogen-bond acceptors (Lipinski definition) is 3. The Bertz CT molecular complexity index is 517. The summed E-state index contributed by atoms with van der Waals surface area (Å²) in [7, 11) is 1.99. The first-order valence-electron chi connectivity index (χ1n) is 5.82. The van der Waals surface area contributed by atoms with E-state index in [4.69, 9.17) is 11.6 Å². The Morgan fingerprint density at radius 1 is 1.06 bits per heavy atom. The molecule has 0 amide bonds. The number of benzene rings is 1. The van der Waals surface area contributed by atoms with Gasteiger partial charge in [-0.15, -0.1) is 0 Å². The van der Waals surface area contributed by atoms with Gasteiger partial charge in [-0.1, -0.05) is 23.7 Å². The fourth-order valence-corrected chi connectivity index (χ4v) is 1.94. The molecule has 2 rings (SSSR count). The van der Waals surface area contributed by atoms with Gasteiger partial charge in [-0.3, -0.25) is 0 Å². The summed E-state index contributed by atoms with van der Waals surface area (Å²) >= 11 is 5.87. The number of aromatic nitrogens is 2. The van der Waals surface area contributed by atoms with E-state index in [1.165, 1.54) is 5.56 Å². The fraction of sp³-hybridized carbons (Fsp3) is 0.286. The molecule has 0 saturated heterocycles. The standard InChI is InChI=1S/C14H16ClN3/c1-10-8-11(2)17-14(16-10)18(3)9-12-4-6-13(15)7-5-12/h4-8H,9H2,1-3H3. The molecule has 3 nitrogen and oxygen atoms in total. The van der Waals surface area contributed by atoms with Crippen molar-refractivity contribution in [3.05, 3.63) is 52.3 Å². The van der Waals surface area contributed by atoms with Crippen molar-refractivity contribution in [2.75, 3.05) is 11.9 Å². The van der Waals surface area contributed by atoms with Gasteiger partial charge >= 0.3 is 0 Å². The van der Waals surface area contributed by atoms with E-state index in [9.17, 15) is 0 Å². The number of hydrogen-bond donors (Lipinski definition) is 0. The molecule has 0 aliphatic heterocycles. The van der Waals surface area contributed by atoms with Gasteiger partial charge in [-0.25, -0.2) is 9.97 Å². The van der Waals surface area contributed by atoms with Crippen molar-refractivity contribution in [1.82, 2.24) is 9.97 Å².